The maximum atomic E-state index is 4.28. The average molecular weight is 269 g/mol. The SMILES string of the molecule is Cn1ccnc1-c1ccc(S)cc1Br. The number of hydrogen-bond acceptors (Lipinski definition) is 2. The molecule has 0 fully saturated rings. The highest BCUT2D eigenvalue weighted by Gasteiger charge is 2.07. The molecular weight excluding hydrogens is 260 g/mol. The van der Waals surface area contributed by atoms with E-state index >= 15 is 0 Å². The quantitative estimate of drug-likeness (QED) is 0.787. The van der Waals surface area contributed by atoms with Crippen LogP contribution < -0.4 is 0 Å². The first kappa shape index (κ1) is 9.80. The van der Waals surface area contributed by atoms with Gasteiger partial charge < -0.3 is 4.57 Å². The Balaban J connectivity index is 2.58. The molecule has 0 radical (unpaired) electrons. The molecule has 0 aliphatic rings. The summed E-state index contributed by atoms with van der Waals surface area (Å²) in [5, 5.41) is 0. The molecule has 0 bridgehead atoms. The second-order valence-corrected chi connectivity index (χ2v) is 4.40. The van der Waals surface area contributed by atoms with Gasteiger partial charge in [0.25, 0.3) is 0 Å². The summed E-state index contributed by atoms with van der Waals surface area (Å²) >= 11 is 7.77. The summed E-state index contributed by atoms with van der Waals surface area (Å²) in [6.07, 6.45) is 3.72. The van der Waals surface area contributed by atoms with Crippen molar-refractivity contribution in [2.24, 2.45) is 7.05 Å². The number of rotatable bonds is 1. The number of aromatic nitrogens is 2. The molecule has 0 aliphatic carbocycles. The number of nitrogens with zero attached hydrogens (tertiary/aromatic N) is 2. The molecule has 0 unspecified atom stereocenters. The zero-order chi connectivity index (χ0) is 10.1. The van der Waals surface area contributed by atoms with Crippen molar-refractivity contribution < 1.29 is 0 Å². The molecule has 14 heavy (non-hydrogen) atoms. The summed E-state index contributed by atoms with van der Waals surface area (Å²) in [7, 11) is 1.98. The van der Waals surface area contributed by atoms with Crippen LogP contribution >= 0.6 is 28.6 Å². The maximum Gasteiger partial charge on any atom is 0.140 e. The lowest BCUT2D eigenvalue weighted by Crippen LogP contribution is -1.91. The predicted molar refractivity (Wildman–Crippen MR) is 63.6 cm³/mol. The summed E-state index contributed by atoms with van der Waals surface area (Å²) < 4.78 is 3.00. The Kier molecular flexibility index (Phi) is 2.65. The van der Waals surface area contributed by atoms with Gasteiger partial charge in [-0.15, -0.1) is 12.6 Å². The highest BCUT2D eigenvalue weighted by atomic mass is 79.9. The van der Waals surface area contributed by atoms with Crippen LogP contribution in [0.4, 0.5) is 0 Å². The normalized spacial score (nSPS) is 10.5. The molecule has 0 spiro atoms. The number of halogens is 1. The van der Waals surface area contributed by atoms with Crippen molar-refractivity contribution in [3.63, 3.8) is 0 Å². The fraction of sp³-hybridized carbons (Fsp3) is 0.100. The predicted octanol–water partition coefficient (Wildman–Crippen LogP) is 3.14. The lowest BCUT2D eigenvalue weighted by molar-refractivity contribution is 0.924. The Labute approximate surface area is 96.5 Å². The zero-order valence-corrected chi connectivity index (χ0v) is 10.1. The summed E-state index contributed by atoms with van der Waals surface area (Å²) in [5.74, 6) is 0.949. The standard InChI is InChI=1S/C10H9BrN2S/c1-13-5-4-12-10(13)8-3-2-7(14)6-9(8)11/h2-6,14H,1H3. The van der Waals surface area contributed by atoms with E-state index in [1.165, 1.54) is 0 Å². The van der Waals surface area contributed by atoms with Crippen LogP contribution in [0.5, 0.6) is 0 Å². The minimum atomic E-state index is 0.940. The molecule has 0 N–H and O–H groups in total. The lowest BCUT2D eigenvalue weighted by Gasteiger charge is -2.04. The summed E-state index contributed by atoms with van der Waals surface area (Å²) in [6.45, 7) is 0. The van der Waals surface area contributed by atoms with Crippen LogP contribution in [-0.4, -0.2) is 9.55 Å². The van der Waals surface area contributed by atoms with Gasteiger partial charge in [0.15, 0.2) is 0 Å². The van der Waals surface area contributed by atoms with E-state index in [9.17, 15) is 0 Å². The molecule has 2 aromatic rings. The molecule has 1 aromatic carbocycles. The van der Waals surface area contributed by atoms with Crippen LogP contribution in [0.15, 0.2) is 40.0 Å². The van der Waals surface area contributed by atoms with E-state index in [1.807, 2.05) is 36.0 Å². The fourth-order valence-corrected chi connectivity index (χ4v) is 2.25. The van der Waals surface area contributed by atoms with E-state index < -0.39 is 0 Å². The molecule has 4 heteroatoms. The van der Waals surface area contributed by atoms with Gasteiger partial charge in [-0.05, 0) is 34.1 Å². The van der Waals surface area contributed by atoms with E-state index in [0.29, 0.717) is 0 Å². The van der Waals surface area contributed by atoms with Crippen molar-refractivity contribution >= 4 is 28.6 Å². The van der Waals surface area contributed by atoms with Crippen LogP contribution in [0.2, 0.25) is 0 Å². The van der Waals surface area contributed by atoms with Crippen LogP contribution in [0.1, 0.15) is 0 Å². The van der Waals surface area contributed by atoms with Gasteiger partial charge in [0.05, 0.1) is 0 Å². The van der Waals surface area contributed by atoms with Crippen LogP contribution in [-0.2, 0) is 7.05 Å². The van der Waals surface area contributed by atoms with E-state index in [-0.39, 0.29) is 0 Å². The minimum Gasteiger partial charge on any atom is -0.334 e. The molecule has 2 nitrogen and oxygen atoms in total. The fourth-order valence-electron chi connectivity index (χ4n) is 1.31. The first-order valence-electron chi connectivity index (χ1n) is 4.14. The smallest absolute Gasteiger partial charge is 0.140 e. The Hall–Kier alpha value is -0.740. The largest absolute Gasteiger partial charge is 0.334 e. The van der Waals surface area contributed by atoms with Crippen molar-refractivity contribution in [3.8, 4) is 11.4 Å². The molecule has 0 amide bonds. The number of thiol groups is 1. The molecule has 2 rings (SSSR count). The Bertz CT molecular complexity index is 465. The zero-order valence-electron chi connectivity index (χ0n) is 7.61. The van der Waals surface area contributed by atoms with E-state index in [1.54, 1.807) is 6.20 Å². The maximum absolute atomic E-state index is 4.28. The highest BCUT2D eigenvalue weighted by Crippen LogP contribution is 2.28. The molecule has 0 saturated carbocycles. The van der Waals surface area contributed by atoms with E-state index in [2.05, 4.69) is 33.5 Å². The number of hydrogen-bond donors (Lipinski definition) is 1. The molecule has 72 valence electrons. The second-order valence-electron chi connectivity index (χ2n) is 3.03. The van der Waals surface area contributed by atoms with Crippen LogP contribution in [0.25, 0.3) is 11.4 Å². The van der Waals surface area contributed by atoms with Gasteiger partial charge in [-0.3, -0.25) is 0 Å². The van der Waals surface area contributed by atoms with Gasteiger partial charge in [-0.2, -0.15) is 0 Å². The van der Waals surface area contributed by atoms with Gasteiger partial charge >= 0.3 is 0 Å². The number of aryl methyl sites for hydroxylation is 1. The van der Waals surface area contributed by atoms with E-state index in [4.69, 9.17) is 0 Å². The summed E-state index contributed by atoms with van der Waals surface area (Å²) in [4.78, 5) is 5.22. The Morgan fingerprint density at radius 2 is 2.21 bits per heavy atom. The van der Waals surface area contributed by atoms with Crippen molar-refractivity contribution in [2.45, 2.75) is 4.90 Å². The van der Waals surface area contributed by atoms with Gasteiger partial charge in [0.1, 0.15) is 5.82 Å². The Morgan fingerprint density at radius 1 is 1.43 bits per heavy atom. The van der Waals surface area contributed by atoms with Crippen molar-refractivity contribution in [1.29, 1.82) is 0 Å². The third-order valence-corrected chi connectivity index (χ3v) is 2.95. The van der Waals surface area contributed by atoms with Gasteiger partial charge in [-0.1, -0.05) is 0 Å². The van der Waals surface area contributed by atoms with Gasteiger partial charge in [0.2, 0.25) is 0 Å². The topological polar surface area (TPSA) is 17.8 Å². The molecule has 1 heterocycles. The van der Waals surface area contributed by atoms with Crippen LogP contribution in [0, 0.1) is 0 Å². The number of imidazole rings is 1. The van der Waals surface area contributed by atoms with Crippen molar-refractivity contribution in [3.05, 3.63) is 35.1 Å². The first-order valence-corrected chi connectivity index (χ1v) is 5.38. The molecular formula is C10H9BrN2S. The minimum absolute atomic E-state index is 0.940. The number of benzene rings is 1. The Morgan fingerprint density at radius 3 is 2.79 bits per heavy atom. The monoisotopic (exact) mass is 268 g/mol. The third kappa shape index (κ3) is 1.72. The summed E-state index contributed by atoms with van der Waals surface area (Å²) in [5.41, 5.74) is 1.08. The first-order chi connectivity index (χ1) is 6.68. The van der Waals surface area contributed by atoms with Gasteiger partial charge in [-0.25, -0.2) is 4.98 Å². The molecule has 0 saturated heterocycles. The molecule has 0 atom stereocenters. The van der Waals surface area contributed by atoms with E-state index in [0.717, 1.165) is 20.8 Å². The lowest BCUT2D eigenvalue weighted by atomic mass is 10.2. The van der Waals surface area contributed by atoms with Crippen LogP contribution in [0.3, 0.4) is 0 Å². The molecule has 1 aromatic heterocycles. The third-order valence-electron chi connectivity index (χ3n) is 2.01. The van der Waals surface area contributed by atoms with Crippen molar-refractivity contribution in [2.75, 3.05) is 0 Å². The summed E-state index contributed by atoms with van der Waals surface area (Å²) in [6, 6.07) is 5.93. The van der Waals surface area contributed by atoms with Gasteiger partial charge in [0, 0.05) is 34.4 Å². The molecule has 0 aliphatic heterocycles. The highest BCUT2D eigenvalue weighted by molar-refractivity contribution is 9.10. The average Bonchev–Trinajstić information content (AvgIpc) is 2.52. The second kappa shape index (κ2) is 3.79. The van der Waals surface area contributed by atoms with Crippen molar-refractivity contribution in [1.82, 2.24) is 9.55 Å².